The van der Waals surface area contributed by atoms with Crippen LogP contribution in [0.15, 0.2) is 36.5 Å². The highest BCUT2D eigenvalue weighted by Crippen LogP contribution is 2.25. The molecule has 2 N–H and O–H groups in total. The molecule has 156 valence electrons. The average Bonchev–Trinajstić information content (AvgIpc) is 3.17. The Morgan fingerprint density at radius 3 is 3.00 bits per heavy atom. The lowest BCUT2D eigenvalue weighted by molar-refractivity contribution is 0.109. The number of fused-ring (bicyclic) bond motifs is 1. The molecule has 0 saturated heterocycles. The number of halogens is 2. The summed E-state index contributed by atoms with van der Waals surface area (Å²) < 4.78 is 24.1. The lowest BCUT2D eigenvalue weighted by Crippen LogP contribution is -2.35. The van der Waals surface area contributed by atoms with E-state index in [4.69, 9.17) is 21.1 Å². The van der Waals surface area contributed by atoms with Gasteiger partial charge in [-0.2, -0.15) is 5.10 Å². The summed E-state index contributed by atoms with van der Waals surface area (Å²) in [4.78, 5) is 18.8. The van der Waals surface area contributed by atoms with Crippen molar-refractivity contribution in [3.05, 3.63) is 64.3 Å². The molecule has 8 nitrogen and oxygen atoms in total. The molecule has 1 aromatic carbocycles. The molecule has 0 spiro atoms. The second-order valence-electron chi connectivity index (χ2n) is 6.63. The van der Waals surface area contributed by atoms with Gasteiger partial charge in [0.15, 0.2) is 0 Å². The van der Waals surface area contributed by atoms with E-state index in [0.717, 1.165) is 17.7 Å². The number of carbonyl (C=O) groups excluding carboxylic acids is 1. The summed E-state index contributed by atoms with van der Waals surface area (Å²) in [5.74, 6) is -0.135. The van der Waals surface area contributed by atoms with Crippen LogP contribution < -0.4 is 15.0 Å². The fourth-order valence-electron chi connectivity index (χ4n) is 3.15. The standard InChI is InChI=1S/C20H19ClFN5O3/c1-29-19-5-3-13(9-23-19)27(10-18-14-11-30-7-6-17(14)25-26-18)20(28)24-12-2-4-16(22)15(21)8-12/h2-5,8-9H,6-7,10-11H2,1H3,(H,24,28)(H,25,26). The Labute approximate surface area is 177 Å². The Hall–Kier alpha value is -3.17. The van der Waals surface area contributed by atoms with Crippen molar-refractivity contribution in [3.63, 3.8) is 0 Å². The molecule has 0 fully saturated rings. The molecule has 0 unspecified atom stereocenters. The number of rotatable bonds is 5. The van der Waals surface area contributed by atoms with Gasteiger partial charge in [0.1, 0.15) is 5.82 Å². The molecule has 30 heavy (non-hydrogen) atoms. The predicted molar refractivity (Wildman–Crippen MR) is 109 cm³/mol. The molecule has 1 aliphatic rings. The van der Waals surface area contributed by atoms with Crippen LogP contribution in [0.2, 0.25) is 5.02 Å². The van der Waals surface area contributed by atoms with Gasteiger partial charge < -0.3 is 14.8 Å². The van der Waals surface area contributed by atoms with Gasteiger partial charge in [0, 0.05) is 29.4 Å². The van der Waals surface area contributed by atoms with E-state index < -0.39 is 11.8 Å². The average molecular weight is 432 g/mol. The fourth-order valence-corrected chi connectivity index (χ4v) is 3.33. The van der Waals surface area contributed by atoms with Gasteiger partial charge >= 0.3 is 6.03 Å². The van der Waals surface area contributed by atoms with Gasteiger partial charge in [-0.05, 0) is 24.3 Å². The maximum Gasteiger partial charge on any atom is 0.326 e. The number of methoxy groups -OCH3 is 1. The maximum absolute atomic E-state index is 13.4. The Bertz CT molecular complexity index is 1060. The quantitative estimate of drug-likeness (QED) is 0.638. The Kier molecular flexibility index (Phi) is 5.82. The third-order valence-electron chi connectivity index (χ3n) is 4.75. The monoisotopic (exact) mass is 431 g/mol. The van der Waals surface area contributed by atoms with Gasteiger partial charge in [-0.25, -0.2) is 14.2 Å². The minimum absolute atomic E-state index is 0.0796. The molecule has 0 atom stereocenters. The molecule has 0 aliphatic carbocycles. The summed E-state index contributed by atoms with van der Waals surface area (Å²) in [6.07, 6.45) is 2.28. The van der Waals surface area contributed by atoms with Crippen LogP contribution in [0.5, 0.6) is 5.88 Å². The summed E-state index contributed by atoms with van der Waals surface area (Å²) >= 11 is 5.83. The number of ether oxygens (including phenoxy) is 2. The highest BCUT2D eigenvalue weighted by Gasteiger charge is 2.23. The number of amides is 2. The summed E-state index contributed by atoms with van der Waals surface area (Å²) in [5, 5.41) is 10.0. The number of aromatic amines is 1. The van der Waals surface area contributed by atoms with E-state index in [2.05, 4.69) is 20.5 Å². The van der Waals surface area contributed by atoms with Gasteiger partial charge in [-0.3, -0.25) is 10.00 Å². The predicted octanol–water partition coefficient (Wildman–Crippen LogP) is 3.92. The number of pyridine rings is 1. The highest BCUT2D eigenvalue weighted by atomic mass is 35.5. The number of anilines is 2. The zero-order valence-corrected chi connectivity index (χ0v) is 16.9. The van der Waals surface area contributed by atoms with Crippen LogP contribution in [0.1, 0.15) is 17.0 Å². The first-order chi connectivity index (χ1) is 14.5. The lowest BCUT2D eigenvalue weighted by Gasteiger charge is -2.23. The minimum atomic E-state index is -0.561. The first kappa shape index (κ1) is 20.1. The van der Waals surface area contributed by atoms with Crippen molar-refractivity contribution in [1.29, 1.82) is 0 Å². The molecule has 0 radical (unpaired) electrons. The topological polar surface area (TPSA) is 92.4 Å². The van der Waals surface area contributed by atoms with Gasteiger partial charge in [-0.15, -0.1) is 0 Å². The van der Waals surface area contributed by atoms with Crippen molar-refractivity contribution >= 4 is 29.0 Å². The lowest BCUT2D eigenvalue weighted by atomic mass is 10.1. The van der Waals surface area contributed by atoms with Crippen LogP contribution in [0.4, 0.5) is 20.6 Å². The number of aromatic nitrogens is 3. The summed E-state index contributed by atoms with van der Waals surface area (Å²) in [5.41, 5.74) is 3.56. The van der Waals surface area contributed by atoms with Crippen molar-refractivity contribution in [3.8, 4) is 5.88 Å². The molecule has 0 bridgehead atoms. The highest BCUT2D eigenvalue weighted by molar-refractivity contribution is 6.31. The van der Waals surface area contributed by atoms with Crippen molar-refractivity contribution in [1.82, 2.24) is 15.2 Å². The van der Waals surface area contributed by atoms with Crippen LogP contribution in [-0.4, -0.2) is 34.9 Å². The smallest absolute Gasteiger partial charge is 0.326 e. The first-order valence-electron chi connectivity index (χ1n) is 9.21. The first-order valence-corrected chi connectivity index (χ1v) is 9.59. The van der Waals surface area contributed by atoms with Crippen LogP contribution in [0.3, 0.4) is 0 Å². The van der Waals surface area contributed by atoms with Crippen LogP contribution in [-0.2, 0) is 24.3 Å². The summed E-state index contributed by atoms with van der Waals surface area (Å²) in [6, 6.07) is 6.92. The molecule has 3 aromatic rings. The minimum Gasteiger partial charge on any atom is -0.481 e. The molecular weight excluding hydrogens is 413 g/mol. The number of hydrogen-bond acceptors (Lipinski definition) is 5. The van der Waals surface area contributed by atoms with Crippen molar-refractivity contribution in [2.24, 2.45) is 0 Å². The van der Waals surface area contributed by atoms with Gasteiger partial charge in [0.25, 0.3) is 0 Å². The SMILES string of the molecule is COc1ccc(N(Cc2n[nH]c3c2COCC3)C(=O)Nc2ccc(F)c(Cl)c2)cn1. The number of H-pyrrole nitrogens is 1. The number of carbonyl (C=O) groups is 1. The number of urea groups is 1. The Balaban J connectivity index is 1.63. The number of nitrogens with one attached hydrogen (secondary N) is 2. The van der Waals surface area contributed by atoms with E-state index in [-0.39, 0.29) is 11.6 Å². The molecule has 4 rings (SSSR count). The van der Waals surface area contributed by atoms with Crippen molar-refractivity contribution < 1.29 is 18.7 Å². The van der Waals surface area contributed by atoms with E-state index >= 15 is 0 Å². The number of hydrogen-bond donors (Lipinski definition) is 2. The normalized spacial score (nSPS) is 12.9. The van der Waals surface area contributed by atoms with Crippen LogP contribution >= 0.6 is 11.6 Å². The molecule has 2 amide bonds. The van der Waals surface area contributed by atoms with Crippen LogP contribution in [0, 0.1) is 5.82 Å². The molecule has 2 aromatic heterocycles. The molecule has 1 aliphatic heterocycles. The second-order valence-corrected chi connectivity index (χ2v) is 7.04. The number of benzene rings is 1. The molecule has 3 heterocycles. The molecular formula is C20H19ClFN5O3. The number of nitrogens with zero attached hydrogens (tertiary/aromatic N) is 3. The van der Waals surface area contributed by atoms with E-state index in [9.17, 15) is 9.18 Å². The van der Waals surface area contributed by atoms with E-state index in [0.29, 0.717) is 36.2 Å². The van der Waals surface area contributed by atoms with Gasteiger partial charge in [0.2, 0.25) is 5.88 Å². The zero-order valence-electron chi connectivity index (χ0n) is 16.1. The molecule has 10 heteroatoms. The third-order valence-corrected chi connectivity index (χ3v) is 5.04. The van der Waals surface area contributed by atoms with Crippen molar-refractivity contribution in [2.45, 2.75) is 19.6 Å². The van der Waals surface area contributed by atoms with E-state index in [1.165, 1.54) is 36.4 Å². The van der Waals surface area contributed by atoms with Gasteiger partial charge in [0.05, 0.1) is 49.5 Å². The summed E-state index contributed by atoms with van der Waals surface area (Å²) in [7, 11) is 1.51. The van der Waals surface area contributed by atoms with E-state index in [1.54, 1.807) is 12.1 Å². The molecule has 0 saturated carbocycles. The zero-order chi connectivity index (χ0) is 21.1. The third kappa shape index (κ3) is 4.22. The maximum atomic E-state index is 13.4. The van der Waals surface area contributed by atoms with Gasteiger partial charge in [-0.1, -0.05) is 11.6 Å². The summed E-state index contributed by atoms with van der Waals surface area (Å²) in [6.45, 7) is 1.25. The fraction of sp³-hybridized carbons (Fsp3) is 0.250. The second kappa shape index (κ2) is 8.68. The Morgan fingerprint density at radius 2 is 2.27 bits per heavy atom. The Morgan fingerprint density at radius 1 is 1.40 bits per heavy atom. The van der Waals surface area contributed by atoms with E-state index in [1.807, 2.05) is 0 Å². The largest absolute Gasteiger partial charge is 0.481 e. The van der Waals surface area contributed by atoms with Crippen molar-refractivity contribution in [2.75, 3.05) is 23.9 Å². The van der Waals surface area contributed by atoms with Crippen LogP contribution in [0.25, 0.3) is 0 Å².